The van der Waals surface area contributed by atoms with Crippen molar-refractivity contribution in [1.29, 1.82) is 0 Å². The lowest BCUT2D eigenvalue weighted by atomic mass is 9.97. The second kappa shape index (κ2) is 6.22. The summed E-state index contributed by atoms with van der Waals surface area (Å²) in [6, 6.07) is 4.35. The highest BCUT2D eigenvalue weighted by atomic mass is 16.5. The topological polar surface area (TPSA) is 45.7 Å². The molecular weight excluding hydrogens is 254 g/mol. The van der Waals surface area contributed by atoms with Gasteiger partial charge in [0.1, 0.15) is 0 Å². The van der Waals surface area contributed by atoms with Gasteiger partial charge < -0.3 is 14.5 Å². The number of rotatable bonds is 1. The SMILES string of the molecule is O=C(N1CCOCC1)N1CCCCC1c1cccnc1. The van der Waals surface area contributed by atoms with E-state index in [4.69, 9.17) is 4.74 Å². The van der Waals surface area contributed by atoms with Crippen LogP contribution in [-0.2, 0) is 4.74 Å². The normalized spacial score (nSPS) is 23.7. The summed E-state index contributed by atoms with van der Waals surface area (Å²) in [5.41, 5.74) is 1.15. The van der Waals surface area contributed by atoms with Crippen LogP contribution in [0, 0.1) is 0 Å². The number of carbonyl (C=O) groups excluding carboxylic acids is 1. The van der Waals surface area contributed by atoms with Gasteiger partial charge >= 0.3 is 6.03 Å². The minimum absolute atomic E-state index is 0.154. The predicted octanol–water partition coefficient (Wildman–Crippen LogP) is 2.06. The highest BCUT2D eigenvalue weighted by Crippen LogP contribution is 2.31. The van der Waals surface area contributed by atoms with Crippen LogP contribution >= 0.6 is 0 Å². The summed E-state index contributed by atoms with van der Waals surface area (Å²) in [6.07, 6.45) is 6.96. The van der Waals surface area contributed by atoms with Crippen LogP contribution in [0.1, 0.15) is 30.9 Å². The maximum Gasteiger partial charge on any atom is 0.320 e. The van der Waals surface area contributed by atoms with Gasteiger partial charge in [0.2, 0.25) is 0 Å². The number of ether oxygens (including phenoxy) is 1. The third-order valence-corrected chi connectivity index (χ3v) is 4.10. The first-order valence-electron chi connectivity index (χ1n) is 7.39. The minimum atomic E-state index is 0.154. The Bertz CT molecular complexity index is 446. The van der Waals surface area contributed by atoms with Crippen LogP contribution in [0.15, 0.2) is 24.5 Å². The molecule has 0 spiro atoms. The van der Waals surface area contributed by atoms with Crippen LogP contribution < -0.4 is 0 Å². The molecule has 5 heteroatoms. The zero-order chi connectivity index (χ0) is 13.8. The molecule has 2 aliphatic heterocycles. The van der Waals surface area contributed by atoms with Crippen molar-refractivity contribution in [3.05, 3.63) is 30.1 Å². The Labute approximate surface area is 119 Å². The molecule has 3 rings (SSSR count). The van der Waals surface area contributed by atoms with Gasteiger partial charge in [-0.3, -0.25) is 4.98 Å². The molecule has 2 amide bonds. The molecule has 20 heavy (non-hydrogen) atoms. The number of hydrogen-bond donors (Lipinski definition) is 0. The molecule has 0 aliphatic carbocycles. The van der Waals surface area contributed by atoms with Crippen molar-refractivity contribution in [3.8, 4) is 0 Å². The third-order valence-electron chi connectivity index (χ3n) is 4.10. The van der Waals surface area contributed by atoms with E-state index in [1.165, 1.54) is 6.42 Å². The second-order valence-corrected chi connectivity index (χ2v) is 5.37. The molecule has 1 aromatic rings. The summed E-state index contributed by atoms with van der Waals surface area (Å²) in [5.74, 6) is 0. The molecule has 1 aromatic heterocycles. The lowest BCUT2D eigenvalue weighted by Crippen LogP contribution is -2.50. The smallest absolute Gasteiger partial charge is 0.320 e. The fourth-order valence-electron chi connectivity index (χ4n) is 3.02. The summed E-state index contributed by atoms with van der Waals surface area (Å²) in [4.78, 5) is 20.8. The number of nitrogens with zero attached hydrogens (tertiary/aromatic N) is 3. The lowest BCUT2D eigenvalue weighted by molar-refractivity contribution is 0.0354. The van der Waals surface area contributed by atoms with Crippen molar-refractivity contribution >= 4 is 6.03 Å². The van der Waals surface area contributed by atoms with E-state index >= 15 is 0 Å². The first kappa shape index (κ1) is 13.4. The number of carbonyl (C=O) groups is 1. The summed E-state index contributed by atoms with van der Waals surface area (Å²) in [7, 11) is 0. The number of amides is 2. The Kier molecular flexibility index (Phi) is 4.16. The van der Waals surface area contributed by atoms with E-state index in [2.05, 4.69) is 11.1 Å². The molecule has 1 atom stereocenters. The van der Waals surface area contributed by atoms with Gasteiger partial charge in [0.05, 0.1) is 19.3 Å². The number of morpholine rings is 1. The van der Waals surface area contributed by atoms with E-state index in [1.54, 1.807) is 6.20 Å². The Morgan fingerprint density at radius 3 is 2.85 bits per heavy atom. The van der Waals surface area contributed by atoms with Crippen LogP contribution in [-0.4, -0.2) is 53.7 Å². The number of likely N-dealkylation sites (tertiary alicyclic amines) is 1. The number of aromatic nitrogens is 1. The Balaban J connectivity index is 1.76. The van der Waals surface area contributed by atoms with Crippen LogP contribution in [0.4, 0.5) is 4.79 Å². The first-order chi connectivity index (χ1) is 9.86. The summed E-state index contributed by atoms with van der Waals surface area (Å²) >= 11 is 0. The quantitative estimate of drug-likeness (QED) is 0.788. The summed E-state index contributed by atoms with van der Waals surface area (Å²) < 4.78 is 5.33. The van der Waals surface area contributed by atoms with Crippen molar-refractivity contribution in [2.24, 2.45) is 0 Å². The summed E-state index contributed by atoms with van der Waals surface area (Å²) in [6.45, 7) is 3.55. The average molecular weight is 275 g/mol. The standard InChI is InChI=1S/C15H21N3O2/c19-15(17-8-10-20-11-9-17)18-7-2-1-5-14(18)13-4-3-6-16-12-13/h3-4,6,12,14H,1-2,5,7-11H2. The predicted molar refractivity (Wildman–Crippen MR) is 75.3 cm³/mol. The Morgan fingerprint density at radius 2 is 2.10 bits per heavy atom. The van der Waals surface area contributed by atoms with Gasteiger partial charge in [-0.25, -0.2) is 4.79 Å². The Morgan fingerprint density at radius 1 is 1.25 bits per heavy atom. The van der Waals surface area contributed by atoms with Crippen molar-refractivity contribution in [2.45, 2.75) is 25.3 Å². The molecule has 1 unspecified atom stereocenters. The van der Waals surface area contributed by atoms with Crippen molar-refractivity contribution in [1.82, 2.24) is 14.8 Å². The van der Waals surface area contributed by atoms with Crippen LogP contribution in [0.2, 0.25) is 0 Å². The average Bonchev–Trinajstić information content (AvgIpc) is 2.56. The molecule has 5 nitrogen and oxygen atoms in total. The van der Waals surface area contributed by atoms with Gasteiger partial charge in [-0.05, 0) is 30.9 Å². The molecule has 2 fully saturated rings. The van der Waals surface area contributed by atoms with Gasteiger partial charge in [0.15, 0.2) is 0 Å². The number of piperidine rings is 1. The van der Waals surface area contributed by atoms with E-state index in [9.17, 15) is 4.79 Å². The Hall–Kier alpha value is -1.62. The van der Waals surface area contributed by atoms with E-state index in [0.29, 0.717) is 26.3 Å². The number of urea groups is 1. The molecule has 0 saturated carbocycles. The van der Waals surface area contributed by atoms with Crippen molar-refractivity contribution in [3.63, 3.8) is 0 Å². The van der Waals surface area contributed by atoms with E-state index in [-0.39, 0.29) is 12.1 Å². The largest absolute Gasteiger partial charge is 0.378 e. The highest BCUT2D eigenvalue weighted by Gasteiger charge is 2.31. The van der Waals surface area contributed by atoms with Gasteiger partial charge in [-0.1, -0.05) is 6.07 Å². The zero-order valence-corrected chi connectivity index (χ0v) is 11.7. The second-order valence-electron chi connectivity index (χ2n) is 5.37. The third kappa shape index (κ3) is 2.77. The fraction of sp³-hybridized carbons (Fsp3) is 0.600. The molecular formula is C15H21N3O2. The molecule has 108 valence electrons. The number of hydrogen-bond acceptors (Lipinski definition) is 3. The van der Waals surface area contributed by atoms with Gasteiger partial charge in [0, 0.05) is 32.0 Å². The number of pyridine rings is 1. The van der Waals surface area contributed by atoms with Crippen LogP contribution in [0.25, 0.3) is 0 Å². The monoisotopic (exact) mass is 275 g/mol. The molecule has 2 aliphatic rings. The maximum absolute atomic E-state index is 12.7. The van der Waals surface area contributed by atoms with Crippen LogP contribution in [0.3, 0.4) is 0 Å². The van der Waals surface area contributed by atoms with Gasteiger partial charge in [-0.2, -0.15) is 0 Å². The molecule has 0 radical (unpaired) electrons. The molecule has 0 bridgehead atoms. The van der Waals surface area contributed by atoms with E-state index in [0.717, 1.165) is 24.9 Å². The lowest BCUT2D eigenvalue weighted by Gasteiger charge is -2.40. The van der Waals surface area contributed by atoms with E-state index in [1.807, 2.05) is 22.1 Å². The minimum Gasteiger partial charge on any atom is -0.378 e. The molecule has 2 saturated heterocycles. The fourth-order valence-corrected chi connectivity index (χ4v) is 3.02. The highest BCUT2D eigenvalue weighted by molar-refractivity contribution is 5.75. The molecule has 3 heterocycles. The maximum atomic E-state index is 12.7. The summed E-state index contributed by atoms with van der Waals surface area (Å²) in [5, 5.41) is 0. The first-order valence-corrected chi connectivity index (χ1v) is 7.39. The van der Waals surface area contributed by atoms with Gasteiger partial charge in [-0.15, -0.1) is 0 Å². The van der Waals surface area contributed by atoms with E-state index < -0.39 is 0 Å². The van der Waals surface area contributed by atoms with Crippen molar-refractivity contribution in [2.75, 3.05) is 32.8 Å². The van der Waals surface area contributed by atoms with Crippen LogP contribution in [0.5, 0.6) is 0 Å². The molecule has 0 aromatic carbocycles. The molecule has 0 N–H and O–H groups in total. The van der Waals surface area contributed by atoms with Gasteiger partial charge in [0.25, 0.3) is 0 Å². The zero-order valence-electron chi connectivity index (χ0n) is 11.7. The van der Waals surface area contributed by atoms with Crippen molar-refractivity contribution < 1.29 is 9.53 Å².